The molecule has 1 amide bonds. The predicted molar refractivity (Wildman–Crippen MR) is 113 cm³/mol. The van der Waals surface area contributed by atoms with Crippen molar-refractivity contribution in [2.45, 2.75) is 91.1 Å². The van der Waals surface area contributed by atoms with E-state index >= 15 is 0 Å². The van der Waals surface area contributed by atoms with Gasteiger partial charge in [-0.1, -0.05) is 13.8 Å². The zero-order valence-electron chi connectivity index (χ0n) is 18.3. The van der Waals surface area contributed by atoms with Gasteiger partial charge in [0, 0.05) is 44.2 Å². The summed E-state index contributed by atoms with van der Waals surface area (Å²) in [6.07, 6.45) is 10.8. The van der Waals surface area contributed by atoms with Crippen LogP contribution in [-0.2, 0) is 4.79 Å². The van der Waals surface area contributed by atoms with Gasteiger partial charge < -0.3 is 10.2 Å². The van der Waals surface area contributed by atoms with Gasteiger partial charge in [0.1, 0.15) is 0 Å². The third-order valence-corrected chi connectivity index (χ3v) is 7.84. The third-order valence-electron chi connectivity index (χ3n) is 7.84. The molecule has 0 bridgehead atoms. The fraction of sp³-hybridized carbons (Fsp3) is 0.957. The fourth-order valence-corrected chi connectivity index (χ4v) is 5.51. The molecule has 2 aliphatic carbocycles. The maximum atomic E-state index is 12.1. The largest absolute Gasteiger partial charge is 0.353 e. The van der Waals surface area contributed by atoms with Crippen molar-refractivity contribution in [2.75, 3.05) is 32.7 Å². The van der Waals surface area contributed by atoms with Gasteiger partial charge in [-0.05, 0) is 83.1 Å². The van der Waals surface area contributed by atoms with Crippen molar-refractivity contribution in [1.29, 1.82) is 0 Å². The van der Waals surface area contributed by atoms with E-state index in [1.165, 1.54) is 84.1 Å². The van der Waals surface area contributed by atoms with Crippen LogP contribution in [0.5, 0.6) is 0 Å². The topological polar surface area (TPSA) is 35.6 Å². The second kappa shape index (κ2) is 9.26. The standard InChI is InChI=1S/C23H43N3O/c1-18(2)22(27)24-21-9-12-23(21)10-7-20(8-11-23)6-5-13-25-14-16-26(17-15-25)19(3)4/h18-21H,5-17H2,1-4H3,(H,24,27). The Kier molecular flexibility index (Phi) is 7.24. The molecule has 1 heterocycles. The molecule has 1 unspecified atom stereocenters. The highest BCUT2D eigenvalue weighted by Crippen LogP contribution is 2.53. The first-order chi connectivity index (χ1) is 12.9. The van der Waals surface area contributed by atoms with E-state index in [-0.39, 0.29) is 11.8 Å². The van der Waals surface area contributed by atoms with E-state index in [1.54, 1.807) is 0 Å². The molecule has 27 heavy (non-hydrogen) atoms. The van der Waals surface area contributed by atoms with E-state index in [0.717, 1.165) is 5.92 Å². The molecule has 1 aliphatic heterocycles. The summed E-state index contributed by atoms with van der Waals surface area (Å²) in [5.74, 6) is 1.29. The number of hydrogen-bond donors (Lipinski definition) is 1. The Labute approximate surface area is 167 Å². The van der Waals surface area contributed by atoms with Gasteiger partial charge in [-0.3, -0.25) is 9.69 Å². The molecule has 2 saturated carbocycles. The van der Waals surface area contributed by atoms with Gasteiger partial charge >= 0.3 is 0 Å². The smallest absolute Gasteiger partial charge is 0.222 e. The monoisotopic (exact) mass is 377 g/mol. The zero-order chi connectivity index (χ0) is 19.4. The number of piperazine rings is 1. The van der Waals surface area contributed by atoms with Gasteiger partial charge in [0.15, 0.2) is 0 Å². The van der Waals surface area contributed by atoms with Crippen LogP contribution in [0.25, 0.3) is 0 Å². The van der Waals surface area contributed by atoms with E-state index in [9.17, 15) is 4.79 Å². The highest BCUT2D eigenvalue weighted by atomic mass is 16.1. The van der Waals surface area contributed by atoms with Crippen molar-refractivity contribution < 1.29 is 4.79 Å². The van der Waals surface area contributed by atoms with Gasteiger partial charge in [0.25, 0.3) is 0 Å². The van der Waals surface area contributed by atoms with Crippen molar-refractivity contribution >= 4 is 5.91 Å². The molecule has 0 radical (unpaired) electrons. The first-order valence-electron chi connectivity index (χ1n) is 11.7. The molecule has 3 fully saturated rings. The van der Waals surface area contributed by atoms with Gasteiger partial charge in [0.2, 0.25) is 5.91 Å². The minimum atomic E-state index is 0.112. The van der Waals surface area contributed by atoms with Gasteiger partial charge in [-0.15, -0.1) is 0 Å². The molecule has 4 heteroatoms. The minimum Gasteiger partial charge on any atom is -0.353 e. The van der Waals surface area contributed by atoms with Gasteiger partial charge in [0.05, 0.1) is 0 Å². The summed E-state index contributed by atoms with van der Waals surface area (Å²) in [6, 6.07) is 1.16. The van der Waals surface area contributed by atoms with Gasteiger partial charge in [-0.2, -0.15) is 0 Å². The average Bonchev–Trinajstić information content (AvgIpc) is 2.66. The quantitative estimate of drug-likeness (QED) is 0.731. The maximum absolute atomic E-state index is 12.1. The lowest BCUT2D eigenvalue weighted by molar-refractivity contribution is -0.128. The Balaban J connectivity index is 1.32. The molecule has 3 aliphatic rings. The van der Waals surface area contributed by atoms with Crippen LogP contribution in [0.2, 0.25) is 0 Å². The fourth-order valence-electron chi connectivity index (χ4n) is 5.51. The van der Waals surface area contributed by atoms with E-state index < -0.39 is 0 Å². The van der Waals surface area contributed by atoms with Crippen LogP contribution in [0, 0.1) is 17.3 Å². The van der Waals surface area contributed by atoms with E-state index in [4.69, 9.17) is 0 Å². The second-order valence-corrected chi connectivity index (χ2v) is 10.2. The lowest BCUT2D eigenvalue weighted by Crippen LogP contribution is -2.57. The summed E-state index contributed by atoms with van der Waals surface area (Å²) >= 11 is 0. The Morgan fingerprint density at radius 3 is 2.15 bits per heavy atom. The van der Waals surface area contributed by atoms with Crippen LogP contribution < -0.4 is 5.32 Å². The van der Waals surface area contributed by atoms with Crippen LogP contribution in [0.3, 0.4) is 0 Å². The highest BCUT2D eigenvalue weighted by Gasteiger charge is 2.48. The molecule has 1 spiro atoms. The van der Waals surface area contributed by atoms with E-state index in [2.05, 4.69) is 29.0 Å². The summed E-state index contributed by atoms with van der Waals surface area (Å²) in [5.41, 5.74) is 0.453. The molecular weight excluding hydrogens is 334 g/mol. The summed E-state index contributed by atoms with van der Waals surface area (Å²) in [6.45, 7) is 14.9. The molecular formula is C23H43N3O. The first kappa shape index (κ1) is 21.1. The third kappa shape index (κ3) is 5.26. The van der Waals surface area contributed by atoms with Crippen molar-refractivity contribution in [2.24, 2.45) is 17.3 Å². The van der Waals surface area contributed by atoms with Crippen molar-refractivity contribution in [3.8, 4) is 0 Å². The highest BCUT2D eigenvalue weighted by molar-refractivity contribution is 5.78. The SMILES string of the molecule is CC(C)C(=O)NC1CCC12CCC(CCCN1CCN(C(C)C)CC1)CC2. The molecule has 0 aromatic carbocycles. The summed E-state index contributed by atoms with van der Waals surface area (Å²) < 4.78 is 0. The van der Waals surface area contributed by atoms with Crippen LogP contribution in [0.15, 0.2) is 0 Å². The Bertz CT molecular complexity index is 474. The summed E-state index contributed by atoms with van der Waals surface area (Å²) in [5, 5.41) is 3.34. The van der Waals surface area contributed by atoms with Crippen LogP contribution >= 0.6 is 0 Å². The number of carbonyl (C=O) groups excluding carboxylic acids is 1. The Morgan fingerprint density at radius 1 is 1.00 bits per heavy atom. The van der Waals surface area contributed by atoms with Crippen molar-refractivity contribution in [3.63, 3.8) is 0 Å². The number of amides is 1. The van der Waals surface area contributed by atoms with E-state index in [1.807, 2.05) is 13.8 Å². The van der Waals surface area contributed by atoms with Crippen LogP contribution in [0.1, 0.15) is 79.1 Å². The normalized spacial score (nSPS) is 32.8. The minimum absolute atomic E-state index is 0.112. The molecule has 0 aromatic heterocycles. The number of hydrogen-bond acceptors (Lipinski definition) is 3. The molecule has 4 nitrogen and oxygen atoms in total. The van der Waals surface area contributed by atoms with Gasteiger partial charge in [-0.25, -0.2) is 0 Å². The van der Waals surface area contributed by atoms with Crippen LogP contribution in [0.4, 0.5) is 0 Å². The second-order valence-electron chi connectivity index (χ2n) is 10.2. The first-order valence-corrected chi connectivity index (χ1v) is 11.7. The lowest BCUT2D eigenvalue weighted by atomic mass is 9.55. The molecule has 1 atom stereocenters. The van der Waals surface area contributed by atoms with Crippen molar-refractivity contribution in [3.05, 3.63) is 0 Å². The number of carbonyl (C=O) groups is 1. The Hall–Kier alpha value is -0.610. The Morgan fingerprint density at radius 2 is 1.63 bits per heavy atom. The summed E-state index contributed by atoms with van der Waals surface area (Å²) in [4.78, 5) is 17.3. The lowest BCUT2D eigenvalue weighted by Gasteiger charge is -2.53. The molecule has 0 aromatic rings. The zero-order valence-corrected chi connectivity index (χ0v) is 18.3. The number of nitrogens with zero attached hydrogens (tertiary/aromatic N) is 2. The molecule has 1 N–H and O–H groups in total. The number of rotatable bonds is 7. The number of nitrogens with one attached hydrogen (secondary N) is 1. The maximum Gasteiger partial charge on any atom is 0.222 e. The van der Waals surface area contributed by atoms with Crippen LogP contribution in [-0.4, -0.2) is 60.5 Å². The average molecular weight is 378 g/mol. The van der Waals surface area contributed by atoms with E-state index in [0.29, 0.717) is 17.5 Å². The summed E-state index contributed by atoms with van der Waals surface area (Å²) in [7, 11) is 0. The molecule has 3 rings (SSSR count). The molecule has 1 saturated heterocycles. The molecule has 156 valence electrons. The predicted octanol–water partition coefficient (Wildman–Crippen LogP) is 3.90. The van der Waals surface area contributed by atoms with Crippen molar-refractivity contribution in [1.82, 2.24) is 15.1 Å².